The fraction of sp³-hybridized carbons (Fsp3) is 0.474. The van der Waals surface area contributed by atoms with Gasteiger partial charge >= 0.3 is 0 Å². The summed E-state index contributed by atoms with van der Waals surface area (Å²) in [6.07, 6.45) is 1.97. The van der Waals surface area contributed by atoms with Gasteiger partial charge in [0.1, 0.15) is 5.82 Å². The molecular weight excluding hydrogens is 312 g/mol. The molecule has 1 aromatic heterocycles. The van der Waals surface area contributed by atoms with Crippen LogP contribution >= 0.6 is 0 Å². The normalized spacial score (nSPS) is 22.5. The van der Waals surface area contributed by atoms with Crippen LogP contribution in [0.1, 0.15) is 41.1 Å². The number of hydrogen-bond donors (Lipinski definition) is 2. The van der Waals surface area contributed by atoms with Crippen LogP contribution in [0.3, 0.4) is 0 Å². The summed E-state index contributed by atoms with van der Waals surface area (Å²) in [7, 11) is 4.21. The Kier molecular flexibility index (Phi) is 4.09. The zero-order valence-electron chi connectivity index (χ0n) is 14.9. The van der Waals surface area contributed by atoms with Crippen LogP contribution in [0.15, 0.2) is 24.3 Å². The van der Waals surface area contributed by atoms with Crippen molar-refractivity contribution < 1.29 is 0 Å². The lowest BCUT2D eigenvalue weighted by Crippen LogP contribution is -2.35. The van der Waals surface area contributed by atoms with Crippen molar-refractivity contribution in [3.05, 3.63) is 46.6 Å². The van der Waals surface area contributed by atoms with E-state index >= 15 is 0 Å². The summed E-state index contributed by atoms with van der Waals surface area (Å²) in [5.41, 5.74) is 17.0. The smallest absolute Gasteiger partial charge is 0.222 e. The summed E-state index contributed by atoms with van der Waals surface area (Å²) in [5.74, 6) is 1.64. The first kappa shape index (κ1) is 16.3. The lowest BCUT2D eigenvalue weighted by atomic mass is 9.78. The minimum absolute atomic E-state index is 0.298. The fourth-order valence-electron chi connectivity index (χ4n) is 3.85. The van der Waals surface area contributed by atoms with Crippen molar-refractivity contribution >= 4 is 11.8 Å². The zero-order chi connectivity index (χ0) is 17.6. The summed E-state index contributed by atoms with van der Waals surface area (Å²) in [6.45, 7) is 2.87. The Morgan fingerprint density at radius 2 is 1.92 bits per heavy atom. The van der Waals surface area contributed by atoms with Crippen LogP contribution in [0.5, 0.6) is 0 Å². The molecule has 2 aromatic rings. The van der Waals surface area contributed by atoms with E-state index in [9.17, 15) is 0 Å². The second kappa shape index (κ2) is 6.28. The van der Waals surface area contributed by atoms with Crippen molar-refractivity contribution in [3.63, 3.8) is 0 Å². The summed E-state index contributed by atoms with van der Waals surface area (Å²) >= 11 is 0. The first-order chi connectivity index (χ1) is 12.0. The predicted octanol–water partition coefficient (Wildman–Crippen LogP) is 1.85. The Labute approximate surface area is 148 Å². The second-order valence-electron chi connectivity index (χ2n) is 7.57. The molecule has 1 aromatic carbocycles. The van der Waals surface area contributed by atoms with Crippen molar-refractivity contribution in [2.45, 2.75) is 44.4 Å². The monoisotopic (exact) mass is 338 g/mol. The molecule has 25 heavy (non-hydrogen) atoms. The van der Waals surface area contributed by atoms with Crippen LogP contribution in [-0.2, 0) is 19.6 Å². The number of rotatable bonds is 4. The molecule has 0 amide bonds. The molecule has 4 rings (SSSR count). The largest absolute Gasteiger partial charge is 0.368 e. The molecule has 132 valence electrons. The highest BCUT2D eigenvalue weighted by Crippen LogP contribution is 2.36. The molecule has 0 unspecified atom stereocenters. The number of aromatic nitrogens is 2. The molecular formula is C19H26N6. The van der Waals surface area contributed by atoms with Gasteiger partial charge in [0.25, 0.3) is 0 Å². The standard InChI is InChI=1S/C19H26N6/c1-24-10-13-4-3-12(5-15(13)11-24)9-25(2)18-8-17(22-19(21)23-18)14-6-16(20)7-14/h3-5,8,14,16H,6-7,9-11,20H2,1-2H3,(H2,21,22,23). The molecule has 0 spiro atoms. The summed E-state index contributed by atoms with van der Waals surface area (Å²) in [4.78, 5) is 13.3. The number of nitrogens with zero attached hydrogens (tertiary/aromatic N) is 4. The van der Waals surface area contributed by atoms with Crippen LogP contribution in [-0.4, -0.2) is 35.0 Å². The summed E-state index contributed by atoms with van der Waals surface area (Å²) in [6, 6.07) is 9.13. The molecule has 2 heterocycles. The van der Waals surface area contributed by atoms with Gasteiger partial charge in [-0.05, 0) is 36.6 Å². The molecule has 1 fully saturated rings. The van der Waals surface area contributed by atoms with Crippen molar-refractivity contribution in [3.8, 4) is 0 Å². The summed E-state index contributed by atoms with van der Waals surface area (Å²) < 4.78 is 0. The molecule has 0 radical (unpaired) electrons. The molecule has 1 aliphatic carbocycles. The quantitative estimate of drug-likeness (QED) is 0.885. The average Bonchev–Trinajstić information content (AvgIpc) is 2.90. The van der Waals surface area contributed by atoms with E-state index in [-0.39, 0.29) is 0 Å². The molecule has 6 heteroatoms. The summed E-state index contributed by atoms with van der Waals surface area (Å²) in [5, 5.41) is 0. The van der Waals surface area contributed by atoms with Gasteiger partial charge in [-0.2, -0.15) is 4.98 Å². The fourth-order valence-corrected chi connectivity index (χ4v) is 3.85. The molecule has 6 nitrogen and oxygen atoms in total. The minimum atomic E-state index is 0.298. The Morgan fingerprint density at radius 3 is 2.68 bits per heavy atom. The maximum absolute atomic E-state index is 5.95. The van der Waals surface area contributed by atoms with Crippen molar-refractivity contribution in [2.75, 3.05) is 24.7 Å². The zero-order valence-corrected chi connectivity index (χ0v) is 14.9. The minimum Gasteiger partial charge on any atom is -0.368 e. The third-order valence-corrected chi connectivity index (χ3v) is 5.30. The van der Waals surface area contributed by atoms with Gasteiger partial charge in [0.15, 0.2) is 0 Å². The highest BCUT2D eigenvalue weighted by molar-refractivity contribution is 5.45. The van der Waals surface area contributed by atoms with E-state index in [4.69, 9.17) is 11.5 Å². The van der Waals surface area contributed by atoms with Gasteiger partial charge in [-0.1, -0.05) is 18.2 Å². The highest BCUT2D eigenvalue weighted by atomic mass is 15.2. The van der Waals surface area contributed by atoms with Crippen LogP contribution in [0.4, 0.5) is 11.8 Å². The number of nitrogens with two attached hydrogens (primary N) is 2. The van der Waals surface area contributed by atoms with Crippen LogP contribution in [0, 0.1) is 0 Å². The van der Waals surface area contributed by atoms with E-state index in [1.807, 2.05) is 0 Å². The molecule has 4 N–H and O–H groups in total. The van der Waals surface area contributed by atoms with Gasteiger partial charge in [-0.15, -0.1) is 0 Å². The van der Waals surface area contributed by atoms with Gasteiger partial charge in [-0.3, -0.25) is 4.90 Å². The van der Waals surface area contributed by atoms with E-state index in [2.05, 4.69) is 58.1 Å². The van der Waals surface area contributed by atoms with Crippen molar-refractivity contribution in [2.24, 2.45) is 5.73 Å². The van der Waals surface area contributed by atoms with Gasteiger partial charge in [-0.25, -0.2) is 4.98 Å². The number of fused-ring (bicyclic) bond motifs is 1. The van der Waals surface area contributed by atoms with Gasteiger partial charge in [0, 0.05) is 44.7 Å². The Morgan fingerprint density at radius 1 is 1.16 bits per heavy atom. The second-order valence-corrected chi connectivity index (χ2v) is 7.57. The molecule has 0 bridgehead atoms. The van der Waals surface area contributed by atoms with E-state index in [0.717, 1.165) is 44.0 Å². The molecule has 1 saturated carbocycles. The third kappa shape index (κ3) is 3.32. The molecule has 1 aliphatic heterocycles. The Balaban J connectivity index is 1.51. The van der Waals surface area contributed by atoms with Crippen LogP contribution < -0.4 is 16.4 Å². The Bertz CT molecular complexity index is 783. The highest BCUT2D eigenvalue weighted by Gasteiger charge is 2.29. The lowest BCUT2D eigenvalue weighted by molar-refractivity contribution is 0.345. The van der Waals surface area contributed by atoms with E-state index < -0.39 is 0 Å². The lowest BCUT2D eigenvalue weighted by Gasteiger charge is -2.32. The molecule has 0 saturated heterocycles. The van der Waals surface area contributed by atoms with Crippen molar-refractivity contribution in [1.82, 2.24) is 14.9 Å². The number of benzene rings is 1. The van der Waals surface area contributed by atoms with Gasteiger partial charge in [0.2, 0.25) is 5.95 Å². The van der Waals surface area contributed by atoms with E-state index in [1.165, 1.54) is 16.7 Å². The molecule has 0 atom stereocenters. The SMILES string of the molecule is CN1Cc2ccc(CN(C)c3cc(C4CC(N)C4)nc(N)n3)cc2C1. The van der Waals surface area contributed by atoms with E-state index in [1.54, 1.807) is 0 Å². The topological polar surface area (TPSA) is 84.3 Å². The Hall–Kier alpha value is -2.18. The van der Waals surface area contributed by atoms with Crippen molar-refractivity contribution in [1.29, 1.82) is 0 Å². The maximum Gasteiger partial charge on any atom is 0.222 e. The van der Waals surface area contributed by atoms with Gasteiger partial charge in [0.05, 0.1) is 5.69 Å². The first-order valence-electron chi connectivity index (χ1n) is 8.88. The predicted molar refractivity (Wildman–Crippen MR) is 100 cm³/mol. The van der Waals surface area contributed by atoms with Crippen LogP contribution in [0.25, 0.3) is 0 Å². The first-order valence-corrected chi connectivity index (χ1v) is 8.88. The number of nitrogen functional groups attached to an aromatic ring is 1. The average molecular weight is 338 g/mol. The molecule has 2 aliphatic rings. The maximum atomic E-state index is 5.95. The third-order valence-electron chi connectivity index (χ3n) is 5.30. The van der Waals surface area contributed by atoms with E-state index in [0.29, 0.717) is 17.9 Å². The number of hydrogen-bond acceptors (Lipinski definition) is 6. The number of anilines is 2. The van der Waals surface area contributed by atoms with Crippen LogP contribution in [0.2, 0.25) is 0 Å². The van der Waals surface area contributed by atoms with Gasteiger partial charge < -0.3 is 16.4 Å².